The number of hydrogen-bond donors (Lipinski definition) is 2. The average molecular weight is 569 g/mol. The Morgan fingerprint density at radius 2 is 1.78 bits per heavy atom. The summed E-state index contributed by atoms with van der Waals surface area (Å²) in [4.78, 5) is 41.9. The average Bonchev–Trinajstić information content (AvgIpc) is 3.35. The van der Waals surface area contributed by atoms with Gasteiger partial charge < -0.3 is 29.5 Å². The van der Waals surface area contributed by atoms with E-state index in [1.807, 2.05) is 20.8 Å². The van der Waals surface area contributed by atoms with Gasteiger partial charge in [0.25, 0.3) is 0 Å². The van der Waals surface area contributed by atoms with Crippen LogP contribution in [-0.2, 0) is 20.9 Å². The molecule has 10 nitrogen and oxygen atoms in total. The largest absolute Gasteiger partial charge is 0.493 e. The van der Waals surface area contributed by atoms with E-state index in [2.05, 4.69) is 15.8 Å². The zero-order valence-electron chi connectivity index (χ0n) is 24.2. The van der Waals surface area contributed by atoms with Gasteiger partial charge >= 0.3 is 0 Å². The van der Waals surface area contributed by atoms with E-state index in [1.165, 1.54) is 31.3 Å². The van der Waals surface area contributed by atoms with Crippen molar-refractivity contribution >= 4 is 23.5 Å². The molecule has 11 heteroatoms. The van der Waals surface area contributed by atoms with Crippen LogP contribution >= 0.6 is 0 Å². The molecule has 2 aromatic carbocycles. The van der Waals surface area contributed by atoms with Crippen LogP contribution in [0.3, 0.4) is 0 Å². The Morgan fingerprint density at radius 3 is 2.37 bits per heavy atom. The van der Waals surface area contributed by atoms with Gasteiger partial charge in [-0.25, -0.2) is 4.39 Å². The number of methoxy groups -OCH3 is 2. The summed E-state index contributed by atoms with van der Waals surface area (Å²) in [6, 6.07) is 11.1. The second-order valence-electron chi connectivity index (χ2n) is 10.2. The fourth-order valence-electron chi connectivity index (χ4n) is 4.17. The molecule has 3 amide bonds. The molecule has 0 aliphatic heterocycles. The zero-order chi connectivity index (χ0) is 30.2. The molecule has 0 saturated carbocycles. The topological polar surface area (TPSA) is 123 Å². The lowest BCUT2D eigenvalue weighted by molar-refractivity contribution is -0.143. The van der Waals surface area contributed by atoms with Crippen LogP contribution in [0.15, 0.2) is 53.1 Å². The van der Waals surface area contributed by atoms with Crippen LogP contribution in [0.2, 0.25) is 0 Å². The number of aromatic nitrogens is 1. The summed E-state index contributed by atoms with van der Waals surface area (Å²) < 4.78 is 29.8. The van der Waals surface area contributed by atoms with Gasteiger partial charge in [-0.3, -0.25) is 14.4 Å². The fourth-order valence-corrected chi connectivity index (χ4v) is 4.17. The van der Waals surface area contributed by atoms with E-state index in [-0.39, 0.29) is 25.2 Å². The molecule has 0 radical (unpaired) electrons. The number of nitrogens with one attached hydrogen (secondary N) is 2. The van der Waals surface area contributed by atoms with Gasteiger partial charge in [0.05, 0.1) is 14.2 Å². The van der Waals surface area contributed by atoms with Gasteiger partial charge in [-0.05, 0) is 51.0 Å². The minimum absolute atomic E-state index is 0.0335. The van der Waals surface area contributed by atoms with Crippen LogP contribution in [0, 0.1) is 12.7 Å². The summed E-state index contributed by atoms with van der Waals surface area (Å²) >= 11 is 0. The quantitative estimate of drug-likeness (QED) is 0.300. The number of halogens is 1. The molecule has 1 atom stereocenters. The number of carbonyl (C=O) groups is 3. The molecule has 0 spiro atoms. The number of amides is 3. The molecule has 41 heavy (non-hydrogen) atoms. The molecule has 2 N–H and O–H groups in total. The molecule has 0 aliphatic rings. The number of benzene rings is 2. The SMILES string of the molecule is CCC(C)(C)NC(=O)C(c1cccc(OC)c1OC)N(Cc1ccc(F)cc1)C(=O)CCC(=O)Nc1cc(C)on1. The Kier molecular flexibility index (Phi) is 10.5. The highest BCUT2D eigenvalue weighted by Crippen LogP contribution is 2.38. The number of ether oxygens (including phenoxy) is 2. The summed E-state index contributed by atoms with van der Waals surface area (Å²) in [6.07, 6.45) is 0.250. The summed E-state index contributed by atoms with van der Waals surface area (Å²) in [5, 5.41) is 9.37. The van der Waals surface area contributed by atoms with E-state index in [4.69, 9.17) is 14.0 Å². The van der Waals surface area contributed by atoms with Crippen molar-refractivity contribution in [2.75, 3.05) is 19.5 Å². The van der Waals surface area contributed by atoms with Crippen LogP contribution in [0.5, 0.6) is 11.5 Å². The van der Waals surface area contributed by atoms with Crippen molar-refractivity contribution in [2.24, 2.45) is 0 Å². The van der Waals surface area contributed by atoms with Crippen molar-refractivity contribution < 1.29 is 32.8 Å². The first-order chi connectivity index (χ1) is 19.5. The van der Waals surface area contributed by atoms with E-state index in [0.29, 0.717) is 34.8 Å². The van der Waals surface area contributed by atoms with Crippen molar-refractivity contribution in [2.45, 2.75) is 65.1 Å². The smallest absolute Gasteiger partial charge is 0.248 e. The van der Waals surface area contributed by atoms with Crippen molar-refractivity contribution in [3.05, 3.63) is 71.2 Å². The van der Waals surface area contributed by atoms with Crippen molar-refractivity contribution in [1.29, 1.82) is 0 Å². The van der Waals surface area contributed by atoms with Crippen LogP contribution in [0.1, 0.15) is 63.0 Å². The van der Waals surface area contributed by atoms with Crippen molar-refractivity contribution in [3.8, 4) is 11.5 Å². The van der Waals surface area contributed by atoms with Crippen LogP contribution in [0.4, 0.5) is 10.2 Å². The lowest BCUT2D eigenvalue weighted by atomic mass is 9.97. The van der Waals surface area contributed by atoms with Crippen LogP contribution < -0.4 is 20.1 Å². The highest BCUT2D eigenvalue weighted by atomic mass is 19.1. The predicted octanol–water partition coefficient (Wildman–Crippen LogP) is 4.93. The molecule has 3 rings (SSSR count). The van der Waals surface area contributed by atoms with E-state index in [0.717, 1.165) is 0 Å². The molecule has 0 bridgehead atoms. The maximum absolute atomic E-state index is 14.0. The van der Waals surface area contributed by atoms with E-state index in [1.54, 1.807) is 43.3 Å². The summed E-state index contributed by atoms with van der Waals surface area (Å²) in [5.41, 5.74) is 0.410. The van der Waals surface area contributed by atoms with Gasteiger partial charge in [0.1, 0.15) is 17.6 Å². The molecular formula is C30H37FN4O6. The van der Waals surface area contributed by atoms with Crippen molar-refractivity contribution in [3.63, 3.8) is 0 Å². The number of rotatable bonds is 13. The monoisotopic (exact) mass is 568 g/mol. The maximum Gasteiger partial charge on any atom is 0.248 e. The Hall–Kier alpha value is -4.41. The number of aryl methyl sites for hydroxylation is 1. The normalized spacial score (nSPS) is 11.9. The number of nitrogens with zero attached hydrogens (tertiary/aromatic N) is 2. The Balaban J connectivity index is 2.03. The lowest BCUT2D eigenvalue weighted by Gasteiger charge is -2.35. The molecule has 0 saturated heterocycles. The van der Waals surface area contributed by atoms with Gasteiger partial charge in [0, 0.05) is 36.6 Å². The highest BCUT2D eigenvalue weighted by molar-refractivity contribution is 5.94. The standard InChI is InChI=1S/C30H37FN4O6/c1-7-30(3,4)33-29(38)27(22-9-8-10-23(39-5)28(22)40-6)35(18-20-11-13-21(31)14-12-20)26(37)16-15-25(36)32-24-17-19(2)41-34-24/h8-14,17,27H,7,15-16,18H2,1-6H3,(H,33,38)(H,32,34,36). The van der Waals surface area contributed by atoms with Gasteiger partial charge in [0.15, 0.2) is 17.3 Å². The minimum atomic E-state index is -1.16. The number of para-hydroxylation sites is 1. The van der Waals surface area contributed by atoms with Crippen LogP contribution in [-0.4, -0.2) is 47.5 Å². The van der Waals surface area contributed by atoms with E-state index >= 15 is 0 Å². The Bertz CT molecular complexity index is 1360. The molecule has 220 valence electrons. The van der Waals surface area contributed by atoms with Gasteiger partial charge in [-0.1, -0.05) is 36.3 Å². The third-order valence-electron chi connectivity index (χ3n) is 6.68. The summed E-state index contributed by atoms with van der Waals surface area (Å²) in [5.74, 6) is -0.349. The second kappa shape index (κ2) is 13.8. The second-order valence-corrected chi connectivity index (χ2v) is 10.2. The number of hydrogen-bond acceptors (Lipinski definition) is 7. The third kappa shape index (κ3) is 8.29. The number of anilines is 1. The molecule has 1 unspecified atom stereocenters. The first kappa shape index (κ1) is 31.1. The third-order valence-corrected chi connectivity index (χ3v) is 6.68. The van der Waals surface area contributed by atoms with Crippen LogP contribution in [0.25, 0.3) is 0 Å². The zero-order valence-corrected chi connectivity index (χ0v) is 24.2. The van der Waals surface area contributed by atoms with Gasteiger partial charge in [-0.2, -0.15) is 0 Å². The fraction of sp³-hybridized carbons (Fsp3) is 0.400. The summed E-state index contributed by atoms with van der Waals surface area (Å²) in [7, 11) is 2.93. The molecular weight excluding hydrogens is 531 g/mol. The highest BCUT2D eigenvalue weighted by Gasteiger charge is 2.36. The summed E-state index contributed by atoms with van der Waals surface area (Å²) in [6.45, 7) is 7.36. The molecule has 1 aromatic heterocycles. The van der Waals surface area contributed by atoms with E-state index < -0.39 is 35.1 Å². The first-order valence-corrected chi connectivity index (χ1v) is 13.3. The Labute approximate surface area is 239 Å². The Morgan fingerprint density at radius 1 is 1.07 bits per heavy atom. The molecule has 3 aromatic rings. The van der Waals surface area contributed by atoms with Gasteiger partial charge in [0.2, 0.25) is 17.7 Å². The molecule has 1 heterocycles. The van der Waals surface area contributed by atoms with Gasteiger partial charge in [-0.15, -0.1) is 0 Å². The number of carbonyl (C=O) groups excluding carboxylic acids is 3. The van der Waals surface area contributed by atoms with Crippen molar-refractivity contribution in [1.82, 2.24) is 15.4 Å². The molecule has 0 aliphatic carbocycles. The lowest BCUT2D eigenvalue weighted by Crippen LogP contribution is -2.50. The maximum atomic E-state index is 14.0. The van der Waals surface area contributed by atoms with E-state index in [9.17, 15) is 18.8 Å². The molecule has 0 fully saturated rings. The minimum Gasteiger partial charge on any atom is -0.493 e. The first-order valence-electron chi connectivity index (χ1n) is 13.3. The predicted molar refractivity (Wildman–Crippen MR) is 151 cm³/mol.